The molecule has 0 bridgehead atoms. The molecule has 0 fully saturated rings. The lowest BCUT2D eigenvalue weighted by Gasteiger charge is -2.04. The monoisotopic (exact) mass is 334 g/mol. The van der Waals surface area contributed by atoms with Crippen molar-refractivity contribution in [1.82, 2.24) is 20.6 Å². The summed E-state index contributed by atoms with van der Waals surface area (Å²) in [7, 11) is 1.63. The Bertz CT molecular complexity index is 515. The van der Waals surface area contributed by atoms with Crippen LogP contribution in [0.25, 0.3) is 11.0 Å². The number of imidazole rings is 1. The van der Waals surface area contributed by atoms with E-state index >= 15 is 0 Å². The molecular weight excluding hydrogens is 315 g/mol. The summed E-state index contributed by atoms with van der Waals surface area (Å²) >= 11 is 0. The van der Waals surface area contributed by atoms with E-state index in [-0.39, 0.29) is 37.3 Å². The van der Waals surface area contributed by atoms with Gasteiger partial charge in [-0.15, -0.1) is 24.8 Å². The fraction of sp³-hybridized carbons (Fsp3) is 0.385. The molecule has 0 radical (unpaired) electrons. The van der Waals surface area contributed by atoms with Crippen LogP contribution in [0, 0.1) is 0 Å². The van der Waals surface area contributed by atoms with Crippen molar-refractivity contribution in [2.45, 2.75) is 6.54 Å². The maximum atomic E-state index is 11.5. The first-order valence-corrected chi connectivity index (χ1v) is 6.19. The summed E-state index contributed by atoms with van der Waals surface area (Å²) in [5, 5.41) is 5.78. The number of hydrogen-bond donors (Lipinski definition) is 3. The Morgan fingerprint density at radius 3 is 2.81 bits per heavy atom. The lowest BCUT2D eigenvalue weighted by Crippen LogP contribution is -2.35. The number of hydrogen-bond acceptors (Lipinski definition) is 4. The lowest BCUT2D eigenvalue weighted by atomic mass is 10.3. The number of halogens is 2. The number of amides is 1. The number of para-hydroxylation sites is 2. The predicted octanol–water partition coefficient (Wildman–Crippen LogP) is 1.26. The van der Waals surface area contributed by atoms with Gasteiger partial charge in [0.05, 0.1) is 30.7 Å². The van der Waals surface area contributed by atoms with Gasteiger partial charge in [0, 0.05) is 13.7 Å². The average Bonchev–Trinajstić information content (AvgIpc) is 2.84. The van der Waals surface area contributed by atoms with Gasteiger partial charge in [-0.1, -0.05) is 12.1 Å². The number of aromatic nitrogens is 2. The molecule has 0 atom stereocenters. The fourth-order valence-electron chi connectivity index (χ4n) is 1.71. The normalized spacial score (nSPS) is 9.76. The van der Waals surface area contributed by atoms with Crippen LogP contribution in [-0.4, -0.2) is 42.7 Å². The highest BCUT2D eigenvalue weighted by molar-refractivity contribution is 5.85. The van der Waals surface area contributed by atoms with Crippen LogP contribution >= 0.6 is 24.8 Å². The highest BCUT2D eigenvalue weighted by Gasteiger charge is 2.04. The number of carbonyl (C=O) groups is 1. The van der Waals surface area contributed by atoms with Gasteiger partial charge in [0.25, 0.3) is 0 Å². The first-order valence-electron chi connectivity index (χ1n) is 6.19. The second kappa shape index (κ2) is 10.4. The number of ether oxygens (including phenoxy) is 1. The summed E-state index contributed by atoms with van der Waals surface area (Å²) < 4.78 is 4.88. The average molecular weight is 335 g/mol. The molecule has 0 saturated heterocycles. The van der Waals surface area contributed by atoms with Gasteiger partial charge < -0.3 is 20.4 Å². The van der Waals surface area contributed by atoms with Crippen molar-refractivity contribution in [3.63, 3.8) is 0 Å². The van der Waals surface area contributed by atoms with Crippen molar-refractivity contribution >= 4 is 41.8 Å². The molecule has 0 unspecified atom stereocenters. The van der Waals surface area contributed by atoms with Gasteiger partial charge in [-0.05, 0) is 12.1 Å². The molecule has 1 aromatic carbocycles. The summed E-state index contributed by atoms with van der Waals surface area (Å²) in [6.07, 6.45) is 0. The minimum atomic E-state index is -0.0587. The predicted molar refractivity (Wildman–Crippen MR) is 87.2 cm³/mol. The summed E-state index contributed by atoms with van der Waals surface area (Å²) in [6, 6.07) is 7.78. The molecule has 8 heteroatoms. The molecule has 2 aromatic rings. The van der Waals surface area contributed by atoms with Gasteiger partial charge in [-0.25, -0.2) is 4.98 Å². The Hall–Kier alpha value is -1.34. The first-order chi connectivity index (χ1) is 9.29. The third-order valence-corrected chi connectivity index (χ3v) is 2.66. The quantitative estimate of drug-likeness (QED) is 0.666. The van der Waals surface area contributed by atoms with Gasteiger partial charge in [0.2, 0.25) is 5.91 Å². The van der Waals surface area contributed by atoms with Crippen molar-refractivity contribution in [2.75, 3.05) is 26.8 Å². The molecule has 0 saturated carbocycles. The number of rotatable bonds is 7. The van der Waals surface area contributed by atoms with Crippen LogP contribution in [0.15, 0.2) is 24.3 Å². The zero-order chi connectivity index (χ0) is 13.5. The van der Waals surface area contributed by atoms with Crippen LogP contribution in [0.4, 0.5) is 0 Å². The molecule has 0 aliphatic rings. The molecule has 21 heavy (non-hydrogen) atoms. The fourth-order valence-corrected chi connectivity index (χ4v) is 1.71. The number of nitrogens with zero attached hydrogens (tertiary/aromatic N) is 1. The summed E-state index contributed by atoms with van der Waals surface area (Å²) in [4.78, 5) is 19.1. The van der Waals surface area contributed by atoms with E-state index < -0.39 is 0 Å². The number of benzene rings is 1. The SMILES string of the molecule is COCCNCC(=O)NCc1nc2ccccc2[nH]1.Cl.Cl. The van der Waals surface area contributed by atoms with Crippen LogP contribution in [-0.2, 0) is 16.1 Å². The van der Waals surface area contributed by atoms with Crippen molar-refractivity contribution in [1.29, 1.82) is 0 Å². The molecule has 1 amide bonds. The van der Waals surface area contributed by atoms with Crippen molar-refractivity contribution < 1.29 is 9.53 Å². The molecule has 6 nitrogen and oxygen atoms in total. The van der Waals surface area contributed by atoms with Crippen LogP contribution in [0.1, 0.15) is 5.82 Å². The Balaban J connectivity index is 0.00000200. The number of fused-ring (bicyclic) bond motifs is 1. The summed E-state index contributed by atoms with van der Waals surface area (Å²) in [5.74, 6) is 0.697. The zero-order valence-electron chi connectivity index (χ0n) is 11.7. The van der Waals surface area contributed by atoms with Crippen molar-refractivity contribution in [3.8, 4) is 0 Å². The van der Waals surface area contributed by atoms with E-state index in [1.807, 2.05) is 24.3 Å². The number of H-pyrrole nitrogens is 1. The van der Waals surface area contributed by atoms with E-state index in [9.17, 15) is 4.79 Å². The number of methoxy groups -OCH3 is 1. The van der Waals surface area contributed by atoms with E-state index in [4.69, 9.17) is 4.74 Å². The largest absolute Gasteiger partial charge is 0.383 e. The Kier molecular flexibility index (Phi) is 9.73. The van der Waals surface area contributed by atoms with E-state index in [0.717, 1.165) is 16.9 Å². The van der Waals surface area contributed by atoms with E-state index in [2.05, 4.69) is 20.6 Å². The van der Waals surface area contributed by atoms with Crippen LogP contribution in [0.5, 0.6) is 0 Å². The number of aromatic amines is 1. The van der Waals surface area contributed by atoms with Gasteiger partial charge in [-0.3, -0.25) is 4.79 Å². The second-order valence-electron chi connectivity index (χ2n) is 4.15. The molecule has 2 rings (SSSR count). The molecule has 1 aromatic heterocycles. The van der Waals surface area contributed by atoms with Crippen LogP contribution < -0.4 is 10.6 Å². The number of carbonyl (C=O) groups excluding carboxylic acids is 1. The topological polar surface area (TPSA) is 79.0 Å². The highest BCUT2D eigenvalue weighted by Crippen LogP contribution is 2.09. The third-order valence-electron chi connectivity index (χ3n) is 2.66. The van der Waals surface area contributed by atoms with Gasteiger partial charge in [-0.2, -0.15) is 0 Å². The van der Waals surface area contributed by atoms with Crippen molar-refractivity contribution in [2.24, 2.45) is 0 Å². The van der Waals surface area contributed by atoms with Crippen LogP contribution in [0.2, 0.25) is 0 Å². The minimum absolute atomic E-state index is 0. The zero-order valence-corrected chi connectivity index (χ0v) is 13.4. The molecule has 1 heterocycles. The lowest BCUT2D eigenvalue weighted by molar-refractivity contribution is -0.120. The summed E-state index contributed by atoms with van der Waals surface area (Å²) in [6.45, 7) is 1.94. The smallest absolute Gasteiger partial charge is 0.234 e. The molecule has 0 aliphatic carbocycles. The van der Waals surface area contributed by atoms with Crippen molar-refractivity contribution in [3.05, 3.63) is 30.1 Å². The molecular formula is C13H20Cl2N4O2. The van der Waals surface area contributed by atoms with Gasteiger partial charge >= 0.3 is 0 Å². The van der Waals surface area contributed by atoms with E-state index in [1.54, 1.807) is 7.11 Å². The standard InChI is InChI=1S/C13H18N4O2.2ClH/c1-19-7-6-14-9-13(18)15-8-12-16-10-4-2-3-5-11(10)17-12;;/h2-5,14H,6-9H2,1H3,(H,15,18)(H,16,17);2*1H. The molecule has 0 aliphatic heterocycles. The van der Waals surface area contributed by atoms with E-state index in [0.29, 0.717) is 19.7 Å². The molecule has 118 valence electrons. The molecule has 0 spiro atoms. The number of nitrogens with one attached hydrogen (secondary N) is 3. The van der Waals surface area contributed by atoms with Gasteiger partial charge in [0.15, 0.2) is 0 Å². The molecule has 3 N–H and O–H groups in total. The Morgan fingerprint density at radius 2 is 2.10 bits per heavy atom. The maximum Gasteiger partial charge on any atom is 0.234 e. The first kappa shape index (κ1) is 19.7. The second-order valence-corrected chi connectivity index (χ2v) is 4.15. The third kappa shape index (κ3) is 6.31. The van der Waals surface area contributed by atoms with E-state index in [1.165, 1.54) is 0 Å². The highest BCUT2D eigenvalue weighted by atomic mass is 35.5. The van der Waals surface area contributed by atoms with Crippen LogP contribution in [0.3, 0.4) is 0 Å². The maximum absolute atomic E-state index is 11.5. The van der Waals surface area contributed by atoms with Gasteiger partial charge in [0.1, 0.15) is 5.82 Å². The Morgan fingerprint density at radius 1 is 1.33 bits per heavy atom. The summed E-state index contributed by atoms with van der Waals surface area (Å²) in [5.41, 5.74) is 1.88. The minimum Gasteiger partial charge on any atom is -0.383 e. The Labute approximate surface area is 135 Å².